The summed E-state index contributed by atoms with van der Waals surface area (Å²) in [5, 5.41) is 25.2. The molecule has 2 spiro atoms. The quantitative estimate of drug-likeness (QED) is 0.436. The van der Waals surface area contributed by atoms with Crippen molar-refractivity contribution in [2.45, 2.75) is 113 Å². The molecule has 3 fully saturated rings. The Kier molecular flexibility index (Phi) is 6.85. The van der Waals surface area contributed by atoms with Gasteiger partial charge in [0.25, 0.3) is 0 Å². The van der Waals surface area contributed by atoms with Crippen LogP contribution in [0.2, 0.25) is 19.1 Å². The number of carbonyl (C=O) groups is 1. The summed E-state index contributed by atoms with van der Waals surface area (Å²) in [5.74, 6) is 0.871. The lowest BCUT2D eigenvalue weighted by atomic mass is 9.58. The summed E-state index contributed by atoms with van der Waals surface area (Å²) in [6.45, 7) is 7.08. The van der Waals surface area contributed by atoms with Crippen LogP contribution in [-0.4, -0.2) is 71.3 Å². The molecule has 2 aliphatic heterocycles. The molecule has 6 nitrogen and oxygen atoms in total. The van der Waals surface area contributed by atoms with Crippen molar-refractivity contribution in [3.05, 3.63) is 65.5 Å². The maximum atomic E-state index is 13.2. The second kappa shape index (κ2) is 10.1. The van der Waals surface area contributed by atoms with E-state index < -0.39 is 32.6 Å². The highest BCUT2D eigenvalue weighted by Gasteiger charge is 2.68. The van der Waals surface area contributed by atoms with Gasteiger partial charge in [0.05, 0.1) is 17.2 Å². The fourth-order valence-electron chi connectivity index (χ4n) is 9.69. The Hall–Kier alpha value is -2.32. The van der Waals surface area contributed by atoms with Gasteiger partial charge >= 0.3 is 0 Å². The number of ether oxygens (including phenoxy) is 1. The number of carbonyl (C=O) groups excluding carboxylic acids is 1. The lowest BCUT2D eigenvalue weighted by Gasteiger charge is -2.56. The van der Waals surface area contributed by atoms with E-state index in [0.29, 0.717) is 24.7 Å². The van der Waals surface area contributed by atoms with Crippen LogP contribution in [0.1, 0.15) is 69.8 Å². The Balaban J connectivity index is 1.18. The van der Waals surface area contributed by atoms with Crippen LogP contribution in [0.4, 0.5) is 0 Å². The molecule has 42 heavy (non-hydrogen) atoms. The molecule has 2 N–H and O–H groups in total. The number of aliphatic hydroxyl groups excluding tert-OH is 2. The van der Waals surface area contributed by atoms with Crippen LogP contribution in [-0.2, 0) is 9.53 Å². The predicted molar refractivity (Wildman–Crippen MR) is 168 cm³/mol. The van der Waals surface area contributed by atoms with Crippen molar-refractivity contribution >= 4 is 25.5 Å². The van der Waals surface area contributed by atoms with E-state index in [1.165, 1.54) is 21.9 Å². The van der Waals surface area contributed by atoms with E-state index in [0.717, 1.165) is 50.1 Å². The molecule has 0 radical (unpaired) electrons. The number of hydrogen-bond donors (Lipinski definition) is 2. The van der Waals surface area contributed by atoms with Crippen molar-refractivity contribution in [3.63, 3.8) is 0 Å². The van der Waals surface area contributed by atoms with Gasteiger partial charge < -0.3 is 19.8 Å². The fraction of sp³-hybridized carbons (Fsp3) is 0.600. The average molecular weight is 587 g/mol. The summed E-state index contributed by atoms with van der Waals surface area (Å²) >= 11 is 0. The van der Waals surface area contributed by atoms with Gasteiger partial charge in [0, 0.05) is 46.5 Å². The molecule has 2 bridgehead atoms. The van der Waals surface area contributed by atoms with Gasteiger partial charge in [-0.1, -0.05) is 50.3 Å². The van der Waals surface area contributed by atoms with E-state index in [1.54, 1.807) is 11.9 Å². The summed E-state index contributed by atoms with van der Waals surface area (Å²) < 4.78 is 7.36. The van der Waals surface area contributed by atoms with Crippen molar-refractivity contribution in [1.29, 1.82) is 0 Å². The summed E-state index contributed by atoms with van der Waals surface area (Å²) in [7, 11) is 1.09. The highest BCUT2D eigenvalue weighted by molar-refractivity contribution is 6.55. The predicted octanol–water partition coefficient (Wildman–Crippen LogP) is 5.51. The minimum absolute atomic E-state index is 0.0586. The number of fused-ring (bicyclic) bond motifs is 2. The molecule has 1 aromatic carbocycles. The third-order valence-electron chi connectivity index (χ3n) is 12.0. The van der Waals surface area contributed by atoms with Crippen LogP contribution in [0.5, 0.6) is 0 Å². The van der Waals surface area contributed by atoms with E-state index in [9.17, 15) is 15.0 Å². The molecular weight excluding hydrogens is 540 g/mol. The lowest BCUT2D eigenvalue weighted by Crippen LogP contribution is -2.63. The van der Waals surface area contributed by atoms with Crippen molar-refractivity contribution in [3.8, 4) is 0 Å². The largest absolute Gasteiger partial charge is 0.388 e. The summed E-state index contributed by atoms with van der Waals surface area (Å²) in [6.07, 6.45) is 13.2. The zero-order valence-corrected chi connectivity index (χ0v) is 26.7. The second-order valence-electron chi connectivity index (χ2n) is 14.6. The number of pyridine rings is 1. The van der Waals surface area contributed by atoms with Crippen LogP contribution in [0.15, 0.2) is 60.0 Å². The summed E-state index contributed by atoms with van der Waals surface area (Å²) in [6, 6.07) is 9.65. The molecule has 2 saturated carbocycles. The van der Waals surface area contributed by atoms with E-state index in [-0.39, 0.29) is 16.9 Å². The average Bonchev–Trinajstić information content (AvgIpc) is 3.49. The second-order valence-corrected chi connectivity index (χ2v) is 18.0. The van der Waals surface area contributed by atoms with Crippen LogP contribution >= 0.6 is 0 Å². The van der Waals surface area contributed by atoms with Crippen molar-refractivity contribution in [1.82, 2.24) is 9.88 Å². The molecule has 7 rings (SSSR count). The Labute approximate surface area is 251 Å². The Morgan fingerprint density at radius 2 is 2.00 bits per heavy atom. The molecule has 8 atom stereocenters. The maximum Gasteiger partial charge on any atom is 0.222 e. The number of aliphatic hydroxyl groups is 2. The molecule has 3 aliphatic carbocycles. The lowest BCUT2D eigenvalue weighted by molar-refractivity contribution is -0.170. The Morgan fingerprint density at radius 3 is 2.81 bits per heavy atom. The van der Waals surface area contributed by atoms with Crippen LogP contribution in [0.25, 0.3) is 10.8 Å². The molecule has 1 saturated heterocycles. The standard InChI is InChI=1S/C35H46N2O4Si/c1-33-13-11-25-19-27-31(39)32(40)28(37(2)30(38)6-5-17-42(3)4)20-34(27)14-15-35(25,41-34)29(33)10-9-26(33)23-8-7-22-12-16-36-21-24(22)18-23/h7-8,11-12,16,18-19,21,26,28-29,31-32,39-40,42H,5-6,9-10,13-15,17,20H2,1-4H3/t26-,28+,29?,31-,32-,33-,34-,35-/m1/s1. The summed E-state index contributed by atoms with van der Waals surface area (Å²) in [5.41, 5.74) is 2.46. The van der Waals surface area contributed by atoms with Crippen molar-refractivity contribution in [2.75, 3.05) is 7.05 Å². The number of amides is 1. The highest BCUT2D eigenvalue weighted by Crippen LogP contribution is 2.69. The van der Waals surface area contributed by atoms with Crippen LogP contribution in [0.3, 0.4) is 0 Å². The molecule has 5 aliphatic rings. The molecule has 3 heterocycles. The molecule has 1 amide bonds. The van der Waals surface area contributed by atoms with Gasteiger partial charge in [-0.05, 0) is 90.0 Å². The number of nitrogens with zero attached hydrogens (tertiary/aromatic N) is 2. The first kappa shape index (κ1) is 28.4. The van der Waals surface area contributed by atoms with Gasteiger partial charge in [-0.25, -0.2) is 0 Å². The van der Waals surface area contributed by atoms with E-state index in [2.05, 4.69) is 61.4 Å². The summed E-state index contributed by atoms with van der Waals surface area (Å²) in [4.78, 5) is 19.3. The van der Waals surface area contributed by atoms with E-state index in [1.807, 2.05) is 12.4 Å². The Bertz CT molecular complexity index is 1470. The minimum atomic E-state index is -1.03. The molecule has 1 unspecified atom stereocenters. The van der Waals surface area contributed by atoms with Crippen molar-refractivity contribution in [2.24, 2.45) is 11.3 Å². The topological polar surface area (TPSA) is 82.9 Å². The number of likely N-dealkylation sites (N-methyl/N-ethyl adjacent to an activating group) is 1. The van der Waals surface area contributed by atoms with Gasteiger partial charge in [0.1, 0.15) is 12.2 Å². The maximum absolute atomic E-state index is 13.2. The van der Waals surface area contributed by atoms with Gasteiger partial charge in [0.2, 0.25) is 5.91 Å². The van der Waals surface area contributed by atoms with Crippen LogP contribution in [0, 0.1) is 11.3 Å². The fourth-order valence-corrected chi connectivity index (χ4v) is 10.7. The van der Waals surface area contributed by atoms with Gasteiger partial charge in [-0.3, -0.25) is 9.78 Å². The SMILES string of the molecule is CN(C(=O)CCC[SiH](C)C)[C@H]1C[C@@]23CC[C@@]4(O2)C(=CC[C@@]2(C)C4CC[C@@H]2c2ccc4ccncc4c2)C=C3[C@@H](O)[C@@H]1O. The van der Waals surface area contributed by atoms with Crippen molar-refractivity contribution < 1.29 is 19.7 Å². The first-order chi connectivity index (χ1) is 20.1. The number of aromatic nitrogens is 1. The Morgan fingerprint density at radius 1 is 1.17 bits per heavy atom. The molecule has 7 heteroatoms. The monoisotopic (exact) mass is 586 g/mol. The highest BCUT2D eigenvalue weighted by atomic mass is 28.3. The van der Waals surface area contributed by atoms with Gasteiger partial charge in [-0.2, -0.15) is 0 Å². The third kappa shape index (κ3) is 4.14. The number of allylic oxidation sites excluding steroid dienone is 1. The third-order valence-corrected chi connectivity index (χ3v) is 13.5. The number of benzene rings is 1. The molecule has 1 aromatic heterocycles. The minimum Gasteiger partial charge on any atom is -0.388 e. The molecular formula is C35H46N2O4Si. The smallest absolute Gasteiger partial charge is 0.222 e. The van der Waals surface area contributed by atoms with E-state index in [4.69, 9.17) is 4.74 Å². The molecule has 2 aromatic rings. The van der Waals surface area contributed by atoms with Crippen LogP contribution < -0.4 is 0 Å². The number of rotatable bonds is 6. The first-order valence-corrected chi connectivity index (χ1v) is 19.3. The first-order valence-electron chi connectivity index (χ1n) is 16.2. The van der Waals surface area contributed by atoms with Gasteiger partial charge in [-0.15, -0.1) is 0 Å². The number of hydrogen-bond acceptors (Lipinski definition) is 5. The zero-order valence-electron chi connectivity index (χ0n) is 25.6. The normalized spacial score (nSPS) is 38.5. The molecule has 224 valence electrons. The zero-order chi connectivity index (χ0) is 29.4. The van der Waals surface area contributed by atoms with Gasteiger partial charge in [0.15, 0.2) is 0 Å². The van der Waals surface area contributed by atoms with E-state index >= 15 is 0 Å².